The first kappa shape index (κ1) is 21.7. The molecule has 0 bridgehead atoms. The molecule has 3 N–H and O–H groups in total. The van der Waals surface area contributed by atoms with Crippen molar-refractivity contribution in [2.24, 2.45) is 0 Å². The van der Waals surface area contributed by atoms with Crippen LogP contribution in [-0.4, -0.2) is 39.1 Å². The Morgan fingerprint density at radius 3 is 2.66 bits per heavy atom. The zero-order valence-electron chi connectivity index (χ0n) is 18.9. The second-order valence-electron chi connectivity index (χ2n) is 9.25. The van der Waals surface area contributed by atoms with Crippen LogP contribution in [0.1, 0.15) is 37.6 Å². The highest BCUT2D eigenvalue weighted by atomic mass is 16.6. The second-order valence-corrected chi connectivity index (χ2v) is 9.25. The van der Waals surface area contributed by atoms with E-state index in [0.29, 0.717) is 31.7 Å². The summed E-state index contributed by atoms with van der Waals surface area (Å²) in [5.41, 5.74) is 10.6. The van der Waals surface area contributed by atoms with Gasteiger partial charge in [0, 0.05) is 29.7 Å². The normalized spacial score (nSPS) is 16.4. The van der Waals surface area contributed by atoms with Crippen molar-refractivity contribution >= 4 is 17.5 Å². The van der Waals surface area contributed by atoms with E-state index in [-0.39, 0.29) is 12.1 Å². The zero-order chi connectivity index (χ0) is 22.7. The molecule has 7 heteroatoms. The van der Waals surface area contributed by atoms with Gasteiger partial charge in [0.1, 0.15) is 5.60 Å². The first-order valence-electron chi connectivity index (χ1n) is 10.9. The highest BCUT2D eigenvalue weighted by Gasteiger charge is 2.34. The number of aromatic amines is 1. The van der Waals surface area contributed by atoms with E-state index in [1.54, 1.807) is 6.33 Å². The van der Waals surface area contributed by atoms with Crippen LogP contribution in [0, 0.1) is 0 Å². The lowest BCUT2D eigenvalue weighted by molar-refractivity contribution is 0.0152. The fourth-order valence-electron chi connectivity index (χ4n) is 4.13. The minimum Gasteiger partial charge on any atom is -0.444 e. The molecule has 3 aromatic rings. The molecular formula is C25H31N5O2. The average Bonchev–Trinajstić information content (AvgIpc) is 3.19. The standard InChI is InChI=1S/C25H31N5O2/c1-25(2,3)32-24(31)30-16-21-22(26)10-7-11-23(21)29(14-19-13-27-17-28-19)15-20(30)12-18-8-5-4-6-9-18/h4-11,13,17,20H,12,14-16,26H2,1-3H3,(H,27,28). The molecule has 32 heavy (non-hydrogen) atoms. The SMILES string of the molecule is CC(C)(C)OC(=O)N1Cc2c(N)cccc2N(Cc2cnc[nH]2)CC1Cc1ccccc1. The molecule has 0 radical (unpaired) electrons. The molecule has 1 aromatic heterocycles. The van der Waals surface area contributed by atoms with Gasteiger partial charge < -0.3 is 20.4 Å². The first-order valence-corrected chi connectivity index (χ1v) is 10.9. The lowest BCUT2D eigenvalue weighted by Gasteiger charge is -2.34. The molecule has 2 aromatic carbocycles. The number of fused-ring (bicyclic) bond motifs is 1. The summed E-state index contributed by atoms with van der Waals surface area (Å²) >= 11 is 0. The maximum absolute atomic E-state index is 13.3. The van der Waals surface area contributed by atoms with Crippen molar-refractivity contribution in [1.29, 1.82) is 0 Å². The van der Waals surface area contributed by atoms with Crippen LogP contribution in [0.15, 0.2) is 61.1 Å². The number of rotatable bonds is 4. The number of nitrogen functional groups attached to an aromatic ring is 1. The molecule has 0 fully saturated rings. The summed E-state index contributed by atoms with van der Waals surface area (Å²) in [6.45, 7) is 7.35. The lowest BCUT2D eigenvalue weighted by Crippen LogP contribution is -2.47. The minimum absolute atomic E-state index is 0.0954. The number of hydrogen-bond acceptors (Lipinski definition) is 5. The Balaban J connectivity index is 1.74. The Morgan fingerprint density at radius 2 is 1.97 bits per heavy atom. The molecule has 168 valence electrons. The van der Waals surface area contributed by atoms with Crippen LogP contribution in [0.25, 0.3) is 0 Å². The number of nitrogens with zero attached hydrogens (tertiary/aromatic N) is 3. The molecule has 0 saturated carbocycles. The fourth-order valence-corrected chi connectivity index (χ4v) is 4.13. The van der Waals surface area contributed by atoms with Gasteiger partial charge in [0.15, 0.2) is 0 Å². The molecule has 1 unspecified atom stereocenters. The van der Waals surface area contributed by atoms with E-state index in [4.69, 9.17) is 10.5 Å². The Labute approximate surface area is 189 Å². The van der Waals surface area contributed by atoms with Crippen LogP contribution in [0.4, 0.5) is 16.2 Å². The maximum atomic E-state index is 13.3. The fraction of sp³-hybridized carbons (Fsp3) is 0.360. The van der Waals surface area contributed by atoms with Crippen molar-refractivity contribution in [2.75, 3.05) is 17.2 Å². The first-order chi connectivity index (χ1) is 15.3. The third-order valence-electron chi connectivity index (χ3n) is 5.59. The van der Waals surface area contributed by atoms with Crippen LogP contribution in [-0.2, 0) is 24.2 Å². The van der Waals surface area contributed by atoms with Gasteiger partial charge in [0.25, 0.3) is 0 Å². The lowest BCUT2D eigenvalue weighted by atomic mass is 10.0. The quantitative estimate of drug-likeness (QED) is 0.597. The van der Waals surface area contributed by atoms with E-state index in [9.17, 15) is 4.79 Å². The van der Waals surface area contributed by atoms with Crippen molar-refractivity contribution in [1.82, 2.24) is 14.9 Å². The molecule has 1 amide bonds. The van der Waals surface area contributed by atoms with E-state index in [0.717, 1.165) is 16.9 Å². The van der Waals surface area contributed by atoms with Crippen LogP contribution >= 0.6 is 0 Å². The summed E-state index contributed by atoms with van der Waals surface area (Å²) in [5, 5.41) is 0. The average molecular weight is 434 g/mol. The maximum Gasteiger partial charge on any atom is 0.410 e. The molecule has 0 saturated heterocycles. The Morgan fingerprint density at radius 1 is 1.19 bits per heavy atom. The predicted molar refractivity (Wildman–Crippen MR) is 126 cm³/mol. The third kappa shape index (κ3) is 5.04. The van der Waals surface area contributed by atoms with E-state index in [1.807, 2.05) is 62.2 Å². The third-order valence-corrected chi connectivity index (χ3v) is 5.59. The summed E-state index contributed by atoms with van der Waals surface area (Å²) in [5.74, 6) is 0. The van der Waals surface area contributed by atoms with Crippen molar-refractivity contribution in [3.8, 4) is 0 Å². The molecule has 1 atom stereocenters. The number of carbonyl (C=O) groups excluding carboxylic acids is 1. The molecule has 0 aliphatic carbocycles. The van der Waals surface area contributed by atoms with Crippen molar-refractivity contribution in [3.05, 3.63) is 77.9 Å². The summed E-state index contributed by atoms with van der Waals surface area (Å²) in [6, 6.07) is 16.1. The van der Waals surface area contributed by atoms with Gasteiger partial charge in [-0.25, -0.2) is 9.78 Å². The number of H-pyrrole nitrogens is 1. The van der Waals surface area contributed by atoms with E-state index in [2.05, 4.69) is 33.1 Å². The van der Waals surface area contributed by atoms with Gasteiger partial charge in [0.05, 0.1) is 31.2 Å². The van der Waals surface area contributed by atoms with Gasteiger partial charge >= 0.3 is 6.09 Å². The van der Waals surface area contributed by atoms with E-state index in [1.165, 1.54) is 5.56 Å². The van der Waals surface area contributed by atoms with Crippen LogP contribution in [0.3, 0.4) is 0 Å². The monoisotopic (exact) mass is 433 g/mol. The smallest absolute Gasteiger partial charge is 0.410 e. The number of hydrogen-bond donors (Lipinski definition) is 2. The van der Waals surface area contributed by atoms with Gasteiger partial charge in [-0.1, -0.05) is 36.4 Å². The molecule has 1 aliphatic rings. The summed E-state index contributed by atoms with van der Waals surface area (Å²) in [6.07, 6.45) is 3.90. The van der Waals surface area contributed by atoms with Crippen molar-refractivity contribution in [3.63, 3.8) is 0 Å². The number of nitrogens with one attached hydrogen (secondary N) is 1. The molecule has 7 nitrogen and oxygen atoms in total. The molecule has 1 aliphatic heterocycles. The topological polar surface area (TPSA) is 87.5 Å². The van der Waals surface area contributed by atoms with Crippen molar-refractivity contribution < 1.29 is 9.53 Å². The van der Waals surface area contributed by atoms with Gasteiger partial charge in [-0.05, 0) is 44.9 Å². The number of amides is 1. The van der Waals surface area contributed by atoms with Gasteiger partial charge in [0.2, 0.25) is 0 Å². The van der Waals surface area contributed by atoms with Gasteiger partial charge in [-0.15, -0.1) is 0 Å². The zero-order valence-corrected chi connectivity index (χ0v) is 18.9. The summed E-state index contributed by atoms with van der Waals surface area (Å²) < 4.78 is 5.81. The van der Waals surface area contributed by atoms with Gasteiger partial charge in [-0.3, -0.25) is 4.90 Å². The number of anilines is 2. The highest BCUT2D eigenvalue weighted by Crippen LogP contribution is 2.33. The number of benzene rings is 2. The summed E-state index contributed by atoms with van der Waals surface area (Å²) in [4.78, 5) is 24.8. The number of nitrogens with two attached hydrogens (primary N) is 1. The van der Waals surface area contributed by atoms with Crippen LogP contribution < -0.4 is 10.6 Å². The minimum atomic E-state index is -0.582. The molecule has 4 rings (SSSR count). The molecule has 2 heterocycles. The number of imidazole rings is 1. The Bertz CT molecular complexity index is 1040. The Kier molecular flexibility index (Phi) is 6.08. The number of carbonyl (C=O) groups is 1. The van der Waals surface area contributed by atoms with Crippen LogP contribution in [0.5, 0.6) is 0 Å². The van der Waals surface area contributed by atoms with E-state index < -0.39 is 5.60 Å². The number of ether oxygens (including phenoxy) is 1. The second kappa shape index (κ2) is 8.94. The molecule has 0 spiro atoms. The van der Waals surface area contributed by atoms with Crippen LogP contribution in [0.2, 0.25) is 0 Å². The molecular weight excluding hydrogens is 402 g/mol. The summed E-state index contributed by atoms with van der Waals surface area (Å²) in [7, 11) is 0. The largest absolute Gasteiger partial charge is 0.444 e. The Hall–Kier alpha value is -3.48. The predicted octanol–water partition coefficient (Wildman–Crippen LogP) is 4.36. The van der Waals surface area contributed by atoms with E-state index >= 15 is 0 Å². The van der Waals surface area contributed by atoms with Gasteiger partial charge in [-0.2, -0.15) is 0 Å². The highest BCUT2D eigenvalue weighted by molar-refractivity contribution is 5.72. The number of aromatic nitrogens is 2. The van der Waals surface area contributed by atoms with Crippen molar-refractivity contribution in [2.45, 2.75) is 51.9 Å².